The standard InChI is InChI=1S/5C16H15FO.C16H16O2.C15H12F2O/c1-12-3-4-14(11-16(12)18-2)6-5-13-7-9-15(17)10-8-13;1-12-6-7-14(11-16(12)18-2)9-8-13-4-3-5-15(17)10-13;1-12-7-8-13(11-16(12)18-2)9-10-14-5-3-4-6-15(14)17;1-12-4-2-6-14(16(12)11-18)9-8-13-5-3-7-15(17)10-13;1-12-3-2-4-14(16(12)11-18)8-5-13-6-9-15(17)10-7-13;17-11-14-5-3-4-13(10-14)8-9-15-6-1-2-7-16(15)12-18;16-14-7-8-15(17)13(9-14)6-5-11-1-3-12(10-18)4-2-11/h3*3-11H,1-2H3;2*2-10,18H,11H2,1H3;1-10,17-18H,11-12H2;1-9,18H,10H2/b6-5+;9-8+;10-9+;9-8+;8-5+;9-8+;6-5+. The van der Waals surface area contributed by atoms with E-state index in [9.17, 15) is 46.1 Å². The van der Waals surface area contributed by atoms with E-state index in [1.54, 1.807) is 106 Å². The molecule has 0 aromatic heterocycles. The molecule has 0 saturated carbocycles. The van der Waals surface area contributed by atoms with Crippen LogP contribution in [0.2, 0.25) is 0 Å². The third-order valence-electron chi connectivity index (χ3n) is 19.5. The minimum Gasteiger partial charge on any atom is -0.496 e. The monoisotopic (exact) mass is 1700 g/mol. The summed E-state index contributed by atoms with van der Waals surface area (Å²) in [5.41, 5.74) is 22.1. The lowest BCUT2D eigenvalue weighted by Gasteiger charge is -2.06. The van der Waals surface area contributed by atoms with Gasteiger partial charge in [-0.25, -0.2) is 30.7 Å². The lowest BCUT2D eigenvalue weighted by Crippen LogP contribution is -1.92. The molecule has 15 heteroatoms. The maximum Gasteiger partial charge on any atom is 0.130 e. The van der Waals surface area contributed by atoms with Gasteiger partial charge in [-0.3, -0.25) is 0 Å². The quantitative estimate of drug-likeness (QED) is 0.0335. The molecule has 14 aromatic carbocycles. The van der Waals surface area contributed by atoms with Crippen molar-refractivity contribution in [2.24, 2.45) is 0 Å². The van der Waals surface area contributed by atoms with Crippen LogP contribution in [-0.2, 0) is 33.0 Å². The molecule has 0 aliphatic rings. The summed E-state index contributed by atoms with van der Waals surface area (Å²) in [4.78, 5) is 0. The molecule has 0 saturated heterocycles. The Morgan fingerprint density at radius 2 is 0.532 bits per heavy atom. The molecule has 0 spiro atoms. The highest BCUT2D eigenvalue weighted by atomic mass is 19.2. The van der Waals surface area contributed by atoms with Crippen molar-refractivity contribution in [3.8, 4) is 17.2 Å². The lowest BCUT2D eigenvalue weighted by molar-refractivity contribution is 0.280. The van der Waals surface area contributed by atoms with E-state index in [0.29, 0.717) is 5.56 Å². The second-order valence-corrected chi connectivity index (χ2v) is 28.7. The van der Waals surface area contributed by atoms with E-state index in [0.717, 1.165) is 158 Å². The van der Waals surface area contributed by atoms with Crippen LogP contribution in [0.25, 0.3) is 85.1 Å². The van der Waals surface area contributed by atoms with Gasteiger partial charge in [0, 0.05) is 11.1 Å². The van der Waals surface area contributed by atoms with Crippen LogP contribution >= 0.6 is 0 Å². The van der Waals surface area contributed by atoms with Crippen LogP contribution < -0.4 is 14.2 Å². The predicted octanol–water partition coefficient (Wildman–Crippen LogP) is 27.0. The van der Waals surface area contributed by atoms with Gasteiger partial charge in [0.2, 0.25) is 0 Å². The van der Waals surface area contributed by atoms with Crippen molar-refractivity contribution < 1.29 is 70.5 Å². The van der Waals surface area contributed by atoms with Gasteiger partial charge in [-0.1, -0.05) is 291 Å². The highest BCUT2D eigenvalue weighted by molar-refractivity contribution is 5.76. The Morgan fingerprint density at radius 3 is 0.952 bits per heavy atom. The zero-order valence-corrected chi connectivity index (χ0v) is 71.6. The van der Waals surface area contributed by atoms with E-state index in [-0.39, 0.29) is 67.7 Å². The molecule has 5 N–H and O–H groups in total. The van der Waals surface area contributed by atoms with E-state index in [2.05, 4.69) is 0 Å². The molecule has 14 rings (SSSR count). The van der Waals surface area contributed by atoms with Gasteiger partial charge in [-0.2, -0.15) is 0 Å². The highest BCUT2D eigenvalue weighted by Gasteiger charge is 2.08. The summed E-state index contributed by atoms with van der Waals surface area (Å²) in [6.45, 7) is 10.0. The molecule has 0 amide bonds. The molecule has 0 aliphatic carbocycles. The first kappa shape index (κ1) is 97.4. The van der Waals surface area contributed by atoms with Crippen molar-refractivity contribution in [3.05, 3.63) is 478 Å². The minimum atomic E-state index is -0.466. The summed E-state index contributed by atoms with van der Waals surface area (Å²) in [6, 6.07) is 87.9. The second kappa shape index (κ2) is 52.4. The van der Waals surface area contributed by atoms with Crippen molar-refractivity contribution in [2.45, 2.75) is 67.7 Å². The number of aliphatic hydroxyl groups is 5. The van der Waals surface area contributed by atoms with E-state index in [1.807, 2.05) is 259 Å². The molecule has 0 fully saturated rings. The molecule has 8 nitrogen and oxygen atoms in total. The Balaban J connectivity index is 0.000000182. The number of aliphatic hydroxyl groups excluding tert-OH is 5. The number of rotatable bonds is 22. The predicted molar refractivity (Wildman–Crippen MR) is 505 cm³/mol. The molecular formula is C111H103F7O8. The molecule has 126 heavy (non-hydrogen) atoms. The van der Waals surface area contributed by atoms with Gasteiger partial charge >= 0.3 is 0 Å². The number of ether oxygens (including phenoxy) is 3. The van der Waals surface area contributed by atoms with Crippen LogP contribution in [0.15, 0.2) is 303 Å². The van der Waals surface area contributed by atoms with Gasteiger partial charge in [-0.05, 0) is 254 Å². The van der Waals surface area contributed by atoms with Gasteiger partial charge in [0.25, 0.3) is 0 Å². The van der Waals surface area contributed by atoms with E-state index in [1.165, 1.54) is 60.7 Å². The second-order valence-electron chi connectivity index (χ2n) is 28.7. The molecule has 0 bridgehead atoms. The molecule has 0 atom stereocenters. The van der Waals surface area contributed by atoms with Crippen molar-refractivity contribution in [1.29, 1.82) is 0 Å². The zero-order chi connectivity index (χ0) is 90.5. The van der Waals surface area contributed by atoms with Crippen LogP contribution in [0, 0.1) is 75.3 Å². The van der Waals surface area contributed by atoms with Gasteiger partial charge in [0.05, 0.1) is 54.4 Å². The summed E-state index contributed by atoms with van der Waals surface area (Å²) in [5.74, 6) is 0.503. The third-order valence-corrected chi connectivity index (χ3v) is 19.5. The Kier molecular flexibility index (Phi) is 40.5. The summed E-state index contributed by atoms with van der Waals surface area (Å²) in [6.07, 6.45) is 26.1. The Hall–Kier alpha value is -14.0. The van der Waals surface area contributed by atoms with Gasteiger partial charge < -0.3 is 39.7 Å². The van der Waals surface area contributed by atoms with Crippen molar-refractivity contribution in [3.63, 3.8) is 0 Å². The molecule has 644 valence electrons. The topological polar surface area (TPSA) is 129 Å². The number of halogens is 7. The number of aryl methyl sites for hydroxylation is 5. The van der Waals surface area contributed by atoms with E-state index >= 15 is 0 Å². The average molecular weight is 1700 g/mol. The largest absolute Gasteiger partial charge is 0.496 e. The van der Waals surface area contributed by atoms with Crippen LogP contribution in [0.1, 0.15) is 134 Å². The molecule has 0 aliphatic heterocycles. The fraction of sp³-hybridized carbons (Fsp3) is 0.117. The normalized spacial score (nSPS) is 11.0. The smallest absolute Gasteiger partial charge is 0.130 e. The molecule has 0 heterocycles. The number of hydrogen-bond donors (Lipinski definition) is 5. The Labute approximate surface area is 735 Å². The maximum atomic E-state index is 13.4. The van der Waals surface area contributed by atoms with Crippen LogP contribution in [-0.4, -0.2) is 46.9 Å². The summed E-state index contributed by atoms with van der Waals surface area (Å²) < 4.78 is 107. The first-order valence-electron chi connectivity index (χ1n) is 40.4. The highest BCUT2D eigenvalue weighted by Crippen LogP contribution is 2.27. The van der Waals surface area contributed by atoms with Crippen molar-refractivity contribution >= 4 is 85.1 Å². The fourth-order valence-corrected chi connectivity index (χ4v) is 12.3. The van der Waals surface area contributed by atoms with Crippen molar-refractivity contribution in [1.82, 2.24) is 0 Å². The lowest BCUT2D eigenvalue weighted by atomic mass is 10.0. The molecule has 0 unspecified atom stereocenters. The van der Waals surface area contributed by atoms with Crippen LogP contribution in [0.4, 0.5) is 30.7 Å². The summed E-state index contributed by atoms with van der Waals surface area (Å²) in [7, 11) is 4.96. The maximum absolute atomic E-state index is 13.4. The first-order valence-corrected chi connectivity index (χ1v) is 40.4. The third kappa shape index (κ3) is 33.0. The molecule has 0 radical (unpaired) electrons. The summed E-state index contributed by atoms with van der Waals surface area (Å²) in [5, 5.41) is 45.9. The van der Waals surface area contributed by atoms with Crippen LogP contribution in [0.5, 0.6) is 17.2 Å². The number of methoxy groups -OCH3 is 3. The Morgan fingerprint density at radius 1 is 0.214 bits per heavy atom. The molecular weight excluding hydrogens is 1590 g/mol. The minimum absolute atomic E-state index is 0.00942. The fourth-order valence-electron chi connectivity index (χ4n) is 12.3. The SMILES string of the molecule is COc1cc(/C=C/c2ccc(F)cc2)ccc1C.COc1cc(/C=C/c2cccc(F)c2)ccc1C.COc1cc(/C=C/c2ccccc2F)ccc1C.Cc1cccc(/C=C/c2ccc(F)cc2)c1CO.Cc1cccc(/C=C/c2cccc(F)c2)c1CO.OCc1ccc(/C=C/c2cc(F)ccc2F)cc1.OCc1cccc(/C=C/c2ccccc2CO)c1. The Bertz CT molecular complexity index is 5990. The van der Waals surface area contributed by atoms with E-state index in [4.69, 9.17) is 24.4 Å². The number of hydrogen-bond acceptors (Lipinski definition) is 8. The van der Waals surface area contributed by atoms with Gasteiger partial charge in [0.15, 0.2) is 0 Å². The van der Waals surface area contributed by atoms with Gasteiger partial charge in [0.1, 0.15) is 58.0 Å². The zero-order valence-electron chi connectivity index (χ0n) is 71.6. The molecule has 14 aromatic rings. The van der Waals surface area contributed by atoms with Crippen LogP contribution in [0.3, 0.4) is 0 Å². The summed E-state index contributed by atoms with van der Waals surface area (Å²) >= 11 is 0. The first-order chi connectivity index (χ1) is 61.0. The van der Waals surface area contributed by atoms with Gasteiger partial charge in [-0.15, -0.1) is 0 Å². The van der Waals surface area contributed by atoms with Crippen molar-refractivity contribution in [2.75, 3.05) is 21.3 Å². The number of benzene rings is 14. The van der Waals surface area contributed by atoms with E-state index < -0.39 is 11.6 Å². The average Bonchev–Trinajstić information content (AvgIpc) is 0.852.